The average molecular weight is 549 g/mol. The Morgan fingerprint density at radius 1 is 1.19 bits per heavy atom. The van der Waals surface area contributed by atoms with Crippen molar-refractivity contribution in [3.8, 4) is 0 Å². The molecule has 0 aromatic carbocycles. The number of nitrogens with zero attached hydrogens (tertiary/aromatic N) is 4. The highest BCUT2D eigenvalue weighted by Crippen LogP contribution is 2.15. The van der Waals surface area contributed by atoms with Gasteiger partial charge in [-0.3, -0.25) is 14.5 Å². The van der Waals surface area contributed by atoms with Gasteiger partial charge in [0.1, 0.15) is 23.4 Å². The number of carbonyl (C=O) groups excluding carboxylic acids is 2. The molecule has 3 aromatic heterocycles. The Balaban J connectivity index is 0.000000454. The van der Waals surface area contributed by atoms with Crippen molar-refractivity contribution < 1.29 is 41.2 Å². The molecule has 0 saturated carbocycles. The van der Waals surface area contributed by atoms with E-state index in [4.69, 9.17) is 21.5 Å². The number of carbonyl (C=O) groups is 2. The maximum Gasteiger partial charge on any atom is 0.430 e. The van der Waals surface area contributed by atoms with Gasteiger partial charge in [0.05, 0.1) is 30.1 Å². The second kappa shape index (κ2) is 10.8. The summed E-state index contributed by atoms with van der Waals surface area (Å²) in [4.78, 5) is 35.5. The molecule has 0 radical (unpaired) electrons. The van der Waals surface area contributed by atoms with E-state index in [1.54, 1.807) is 23.6 Å². The van der Waals surface area contributed by atoms with Crippen molar-refractivity contribution in [2.24, 2.45) is 0 Å². The summed E-state index contributed by atoms with van der Waals surface area (Å²) >= 11 is 5.94. The van der Waals surface area contributed by atoms with E-state index in [0.717, 1.165) is 16.1 Å². The molecule has 4 rings (SSSR count). The van der Waals surface area contributed by atoms with Gasteiger partial charge >= 0.3 is 6.18 Å². The minimum atomic E-state index is -5.19. The highest BCUT2D eigenvalue weighted by molar-refractivity contribution is 7.91. The summed E-state index contributed by atoms with van der Waals surface area (Å²) in [7, 11) is -2.94. The maximum absolute atomic E-state index is 12.8. The number of carboxylic acid groups (broad SMARTS) is 1. The number of halogens is 4. The van der Waals surface area contributed by atoms with Gasteiger partial charge in [0.2, 0.25) is 11.8 Å². The van der Waals surface area contributed by atoms with Gasteiger partial charge in [-0.1, -0.05) is 17.7 Å². The largest absolute Gasteiger partial charge is 0.542 e. The average Bonchev–Trinajstić information content (AvgIpc) is 3.13. The number of nitrogens with one attached hydrogen (secondary N) is 2. The summed E-state index contributed by atoms with van der Waals surface area (Å²) < 4.78 is 56.6. The van der Waals surface area contributed by atoms with Crippen LogP contribution in [-0.4, -0.2) is 70.4 Å². The van der Waals surface area contributed by atoms with Gasteiger partial charge in [0.25, 0.3) is 5.91 Å². The summed E-state index contributed by atoms with van der Waals surface area (Å²) in [6.45, 7) is 3.37. The van der Waals surface area contributed by atoms with Gasteiger partial charge in [-0.05, 0) is 25.1 Å². The second-order valence-corrected chi connectivity index (χ2v) is 10.5. The Hall–Kier alpha value is -3.30. The first-order valence-electron chi connectivity index (χ1n) is 10.4. The van der Waals surface area contributed by atoms with Gasteiger partial charge in [-0.2, -0.15) is 13.2 Å². The first-order valence-corrected chi connectivity index (χ1v) is 12.6. The molecule has 0 spiro atoms. The number of aromatic nitrogens is 4. The fourth-order valence-electron chi connectivity index (χ4n) is 3.38. The summed E-state index contributed by atoms with van der Waals surface area (Å²) in [5.74, 6) is -2.79. The van der Waals surface area contributed by atoms with Crippen molar-refractivity contribution in [2.45, 2.75) is 19.6 Å². The monoisotopic (exact) mass is 548 g/mol. The molecule has 0 atom stereocenters. The highest BCUT2D eigenvalue weighted by atomic mass is 35.5. The fraction of sp³-hybridized carbons (Fsp3) is 0.350. The second-order valence-electron chi connectivity index (χ2n) is 7.81. The lowest BCUT2D eigenvalue weighted by Gasteiger charge is -2.22. The number of quaternary nitrogens is 1. The third-order valence-electron chi connectivity index (χ3n) is 5.06. The number of anilines is 1. The molecule has 1 saturated heterocycles. The lowest BCUT2D eigenvalue weighted by atomic mass is 10.3. The van der Waals surface area contributed by atoms with Crippen molar-refractivity contribution >= 4 is 44.8 Å². The lowest BCUT2D eigenvalue weighted by Crippen LogP contribution is -3.13. The van der Waals surface area contributed by atoms with E-state index in [2.05, 4.69) is 20.3 Å². The zero-order chi connectivity index (χ0) is 26.7. The molecule has 1 fully saturated rings. The Morgan fingerprint density at radius 2 is 1.83 bits per heavy atom. The molecule has 4 heterocycles. The topological polar surface area (TPSA) is 151 Å². The molecule has 0 aliphatic carbocycles. The van der Waals surface area contributed by atoms with E-state index < -0.39 is 27.9 Å². The van der Waals surface area contributed by atoms with Crippen LogP contribution in [0.25, 0.3) is 5.52 Å². The summed E-state index contributed by atoms with van der Waals surface area (Å²) in [6.07, 6.45) is -3.43. The number of sulfone groups is 1. The van der Waals surface area contributed by atoms with Gasteiger partial charge in [-0.25, -0.2) is 23.4 Å². The van der Waals surface area contributed by atoms with Crippen LogP contribution in [0.5, 0.6) is 0 Å². The molecule has 16 heteroatoms. The van der Waals surface area contributed by atoms with Crippen LogP contribution in [0.4, 0.5) is 19.1 Å². The number of hydrogen-bond acceptors (Lipinski definition) is 8. The molecule has 1 aliphatic rings. The van der Waals surface area contributed by atoms with Crippen LogP contribution in [0.15, 0.2) is 30.5 Å². The molecule has 2 N–H and O–H groups in total. The SMILES string of the molecule is Cc1cc(Cl)nc(NC(=O)c2nc(C[NH+]3CCS(=O)(=O)CC3)c3ccccn23)n1.O=C([O-])C(F)(F)F. The number of amides is 1. The van der Waals surface area contributed by atoms with Crippen LogP contribution in [-0.2, 0) is 21.2 Å². The van der Waals surface area contributed by atoms with Crippen LogP contribution in [0.2, 0.25) is 5.15 Å². The zero-order valence-corrected chi connectivity index (χ0v) is 20.2. The van der Waals surface area contributed by atoms with Crippen molar-refractivity contribution in [3.63, 3.8) is 0 Å². The minimum absolute atomic E-state index is 0.112. The summed E-state index contributed by atoms with van der Waals surface area (Å²) in [6, 6.07) is 7.18. The standard InChI is InChI=1S/C18H19ClN6O3S.C2HF3O2/c1-12-10-15(19)22-18(20-12)23-17(26)16-21-13(14-4-2-3-5-25(14)16)11-24-6-8-29(27,28)9-7-24;3-2(4,5)1(6)7/h2-5,10H,6-9,11H2,1H3,(H,20,22,23,26);(H,6,7). The summed E-state index contributed by atoms with van der Waals surface area (Å²) in [5, 5.41) is 11.7. The lowest BCUT2D eigenvalue weighted by molar-refractivity contribution is -0.910. The zero-order valence-electron chi connectivity index (χ0n) is 18.7. The normalized spacial score (nSPS) is 15.7. The van der Waals surface area contributed by atoms with E-state index in [0.29, 0.717) is 25.3 Å². The van der Waals surface area contributed by atoms with Crippen LogP contribution >= 0.6 is 11.6 Å². The molecule has 194 valence electrons. The van der Waals surface area contributed by atoms with Crippen molar-refractivity contribution in [3.05, 3.63) is 52.8 Å². The van der Waals surface area contributed by atoms with E-state index in [9.17, 15) is 26.4 Å². The fourth-order valence-corrected chi connectivity index (χ4v) is 5.02. The summed E-state index contributed by atoms with van der Waals surface area (Å²) in [5.41, 5.74) is 2.19. The third-order valence-corrected chi connectivity index (χ3v) is 6.90. The van der Waals surface area contributed by atoms with E-state index in [-0.39, 0.29) is 28.4 Å². The van der Waals surface area contributed by atoms with Gasteiger partial charge < -0.3 is 14.8 Å². The Kier molecular flexibility index (Phi) is 8.15. The van der Waals surface area contributed by atoms with E-state index in [1.807, 2.05) is 18.2 Å². The van der Waals surface area contributed by atoms with E-state index >= 15 is 0 Å². The molecule has 1 aliphatic heterocycles. The molecule has 0 unspecified atom stereocenters. The number of rotatable bonds is 4. The molecule has 3 aromatic rings. The third kappa shape index (κ3) is 7.11. The number of hydrogen-bond donors (Lipinski definition) is 2. The number of aliphatic carboxylic acids is 1. The van der Waals surface area contributed by atoms with Crippen LogP contribution in [0.3, 0.4) is 0 Å². The number of imidazole rings is 1. The molecular weight excluding hydrogens is 529 g/mol. The number of pyridine rings is 1. The molecular formula is C20H20ClF3N6O5S. The van der Waals surface area contributed by atoms with E-state index in [1.165, 1.54) is 0 Å². The molecule has 0 bridgehead atoms. The smallest absolute Gasteiger partial charge is 0.430 e. The van der Waals surface area contributed by atoms with Crippen molar-refractivity contribution in [1.29, 1.82) is 0 Å². The molecule has 11 nitrogen and oxygen atoms in total. The Labute approximate surface area is 207 Å². The maximum atomic E-state index is 12.8. The highest BCUT2D eigenvalue weighted by Gasteiger charge is 2.29. The van der Waals surface area contributed by atoms with Crippen LogP contribution in [0, 0.1) is 6.92 Å². The van der Waals surface area contributed by atoms with Crippen molar-refractivity contribution in [1.82, 2.24) is 19.4 Å². The first-order chi connectivity index (χ1) is 16.7. The molecule has 1 amide bonds. The Bertz CT molecular complexity index is 1360. The van der Waals surface area contributed by atoms with Gasteiger partial charge in [0, 0.05) is 11.9 Å². The number of fused-ring (bicyclic) bond motifs is 1. The first kappa shape index (κ1) is 27.3. The van der Waals surface area contributed by atoms with Crippen molar-refractivity contribution in [2.75, 3.05) is 29.9 Å². The Morgan fingerprint density at radius 3 is 2.42 bits per heavy atom. The number of carboxylic acids is 1. The number of aryl methyl sites for hydroxylation is 1. The predicted molar refractivity (Wildman–Crippen MR) is 119 cm³/mol. The quantitative estimate of drug-likeness (QED) is 0.412. The van der Waals surface area contributed by atoms with Crippen LogP contribution < -0.4 is 15.3 Å². The van der Waals surface area contributed by atoms with Gasteiger partial charge in [-0.15, -0.1) is 0 Å². The van der Waals surface area contributed by atoms with Gasteiger partial charge in [0.15, 0.2) is 9.84 Å². The minimum Gasteiger partial charge on any atom is -0.542 e. The molecule has 36 heavy (non-hydrogen) atoms. The number of alkyl halides is 3. The predicted octanol–water partition coefficient (Wildman–Crippen LogP) is -0.550. The van der Waals surface area contributed by atoms with Crippen LogP contribution in [0.1, 0.15) is 22.0 Å².